The molecule has 2 aliphatic carbocycles. The molecule has 0 aliphatic heterocycles. The van der Waals surface area contributed by atoms with E-state index in [4.69, 9.17) is 0 Å². The van der Waals surface area contributed by atoms with Crippen LogP contribution in [0.2, 0.25) is 0 Å². The number of alkyl halides is 3. The summed E-state index contributed by atoms with van der Waals surface area (Å²) in [5.41, 5.74) is -0.386. The molecule has 18 heavy (non-hydrogen) atoms. The summed E-state index contributed by atoms with van der Waals surface area (Å²) in [6, 6.07) is 0.0432. The standard InChI is InChI=1S/C12H21F3N2O/c1-16-11(8-18)5-4-10(6-11)17(9-2-3-9)7-12(13,14)15/h9-10,16,18H,2-8H2,1H3. The molecule has 6 heteroatoms. The third kappa shape index (κ3) is 3.16. The molecule has 0 amide bonds. The Hall–Kier alpha value is -0.330. The highest BCUT2D eigenvalue weighted by Gasteiger charge is 2.46. The first-order chi connectivity index (χ1) is 8.39. The van der Waals surface area contributed by atoms with Gasteiger partial charge in [-0.2, -0.15) is 13.2 Å². The van der Waals surface area contributed by atoms with Gasteiger partial charge in [0.15, 0.2) is 0 Å². The minimum Gasteiger partial charge on any atom is -0.394 e. The van der Waals surface area contributed by atoms with Crippen LogP contribution in [0.15, 0.2) is 0 Å². The van der Waals surface area contributed by atoms with E-state index in [1.807, 2.05) is 0 Å². The van der Waals surface area contributed by atoms with Gasteiger partial charge in [-0.15, -0.1) is 0 Å². The van der Waals surface area contributed by atoms with Gasteiger partial charge in [0.2, 0.25) is 0 Å². The van der Waals surface area contributed by atoms with E-state index < -0.39 is 12.7 Å². The van der Waals surface area contributed by atoms with Gasteiger partial charge in [0.05, 0.1) is 13.2 Å². The molecule has 2 atom stereocenters. The molecule has 2 fully saturated rings. The van der Waals surface area contributed by atoms with Gasteiger partial charge in [-0.3, -0.25) is 4.90 Å². The zero-order valence-electron chi connectivity index (χ0n) is 10.6. The largest absolute Gasteiger partial charge is 0.401 e. The van der Waals surface area contributed by atoms with E-state index in [1.54, 1.807) is 11.9 Å². The van der Waals surface area contributed by atoms with Gasteiger partial charge in [0, 0.05) is 17.6 Å². The Kier molecular flexibility index (Phi) is 3.90. The molecule has 0 aromatic carbocycles. The lowest BCUT2D eigenvalue weighted by atomic mass is 9.99. The van der Waals surface area contributed by atoms with E-state index in [0.29, 0.717) is 6.42 Å². The molecule has 2 N–H and O–H groups in total. The zero-order valence-corrected chi connectivity index (χ0v) is 10.6. The fraction of sp³-hybridized carbons (Fsp3) is 1.00. The average Bonchev–Trinajstić information content (AvgIpc) is 3.05. The predicted molar refractivity (Wildman–Crippen MR) is 62.3 cm³/mol. The summed E-state index contributed by atoms with van der Waals surface area (Å²) in [4.78, 5) is 1.61. The summed E-state index contributed by atoms with van der Waals surface area (Å²) in [6.07, 6.45) is -0.310. The topological polar surface area (TPSA) is 35.5 Å². The van der Waals surface area contributed by atoms with E-state index in [-0.39, 0.29) is 24.2 Å². The maximum Gasteiger partial charge on any atom is 0.401 e. The first kappa shape index (κ1) is 14.1. The van der Waals surface area contributed by atoms with Crippen LogP contribution in [0.3, 0.4) is 0 Å². The first-order valence-electron chi connectivity index (χ1n) is 6.51. The van der Waals surface area contributed by atoms with E-state index in [9.17, 15) is 18.3 Å². The van der Waals surface area contributed by atoms with Crippen LogP contribution >= 0.6 is 0 Å². The third-order valence-electron chi connectivity index (χ3n) is 4.26. The number of likely N-dealkylation sites (N-methyl/N-ethyl adjacent to an activating group) is 1. The first-order valence-corrected chi connectivity index (χ1v) is 6.51. The van der Waals surface area contributed by atoms with Crippen LogP contribution in [-0.4, -0.2) is 54.0 Å². The molecule has 0 saturated heterocycles. The van der Waals surface area contributed by atoms with Gasteiger partial charge in [-0.05, 0) is 39.2 Å². The van der Waals surface area contributed by atoms with E-state index in [2.05, 4.69) is 5.32 Å². The van der Waals surface area contributed by atoms with Crippen LogP contribution in [0.4, 0.5) is 13.2 Å². The van der Waals surface area contributed by atoms with Crippen molar-refractivity contribution in [2.75, 3.05) is 20.2 Å². The summed E-state index contributed by atoms with van der Waals surface area (Å²) in [5.74, 6) is 0. The molecule has 2 rings (SSSR count). The molecule has 3 nitrogen and oxygen atoms in total. The third-order valence-corrected chi connectivity index (χ3v) is 4.26. The number of aliphatic hydroxyl groups is 1. The van der Waals surface area contributed by atoms with Gasteiger partial charge in [-0.25, -0.2) is 0 Å². The van der Waals surface area contributed by atoms with Gasteiger partial charge in [0.1, 0.15) is 0 Å². The molecule has 0 aromatic rings. The van der Waals surface area contributed by atoms with Crippen LogP contribution in [0.25, 0.3) is 0 Å². The molecular weight excluding hydrogens is 245 g/mol. The summed E-state index contributed by atoms with van der Waals surface area (Å²) >= 11 is 0. The molecule has 106 valence electrons. The summed E-state index contributed by atoms with van der Waals surface area (Å²) in [7, 11) is 1.77. The van der Waals surface area contributed by atoms with Crippen molar-refractivity contribution in [1.82, 2.24) is 10.2 Å². The van der Waals surface area contributed by atoms with Gasteiger partial charge < -0.3 is 10.4 Å². The average molecular weight is 266 g/mol. The Morgan fingerprint density at radius 1 is 1.28 bits per heavy atom. The SMILES string of the molecule is CNC1(CO)CCC(N(CC(F)(F)F)C2CC2)C1. The molecule has 0 radical (unpaired) electrons. The highest BCUT2D eigenvalue weighted by atomic mass is 19.4. The lowest BCUT2D eigenvalue weighted by Crippen LogP contribution is -2.48. The maximum absolute atomic E-state index is 12.6. The van der Waals surface area contributed by atoms with Gasteiger partial charge in [-0.1, -0.05) is 0 Å². The summed E-state index contributed by atoms with van der Waals surface area (Å²) in [6.45, 7) is -0.821. The van der Waals surface area contributed by atoms with Crippen molar-refractivity contribution in [3.63, 3.8) is 0 Å². The van der Waals surface area contributed by atoms with E-state index in [1.165, 1.54) is 0 Å². The minimum absolute atomic E-state index is 0.00940. The predicted octanol–water partition coefficient (Wildman–Crippen LogP) is 1.52. The number of rotatable bonds is 5. The Bertz CT molecular complexity index is 288. The van der Waals surface area contributed by atoms with Crippen molar-refractivity contribution in [1.29, 1.82) is 0 Å². The van der Waals surface area contributed by atoms with Crippen molar-refractivity contribution in [2.24, 2.45) is 0 Å². The van der Waals surface area contributed by atoms with Gasteiger partial charge >= 0.3 is 6.18 Å². The van der Waals surface area contributed by atoms with Crippen molar-refractivity contribution >= 4 is 0 Å². The molecule has 0 bridgehead atoms. The number of hydrogen-bond donors (Lipinski definition) is 2. The number of nitrogens with zero attached hydrogens (tertiary/aromatic N) is 1. The number of aliphatic hydroxyl groups excluding tert-OH is 1. The minimum atomic E-state index is -4.13. The highest BCUT2D eigenvalue weighted by molar-refractivity contribution is 5.01. The molecule has 2 unspecified atom stereocenters. The monoisotopic (exact) mass is 266 g/mol. The van der Waals surface area contributed by atoms with Crippen molar-refractivity contribution < 1.29 is 18.3 Å². The number of hydrogen-bond acceptors (Lipinski definition) is 3. The summed E-state index contributed by atoms with van der Waals surface area (Å²) in [5, 5.41) is 12.5. The fourth-order valence-electron chi connectivity index (χ4n) is 3.00. The van der Waals surface area contributed by atoms with Gasteiger partial charge in [0.25, 0.3) is 0 Å². The Morgan fingerprint density at radius 3 is 2.33 bits per heavy atom. The van der Waals surface area contributed by atoms with Crippen LogP contribution in [0, 0.1) is 0 Å². The quantitative estimate of drug-likeness (QED) is 0.792. The lowest BCUT2D eigenvalue weighted by molar-refractivity contribution is -0.152. The second-order valence-electron chi connectivity index (χ2n) is 5.60. The normalized spacial score (nSPS) is 33.3. The lowest BCUT2D eigenvalue weighted by Gasteiger charge is -2.32. The zero-order chi connectivity index (χ0) is 13.4. The molecule has 2 saturated carbocycles. The Labute approximate surface area is 105 Å². The van der Waals surface area contributed by atoms with Crippen LogP contribution in [0.1, 0.15) is 32.1 Å². The van der Waals surface area contributed by atoms with Crippen molar-refractivity contribution in [3.8, 4) is 0 Å². The molecule has 0 aromatic heterocycles. The fourth-order valence-corrected chi connectivity index (χ4v) is 3.00. The molecular formula is C12H21F3N2O. The van der Waals surface area contributed by atoms with Crippen LogP contribution in [-0.2, 0) is 0 Å². The van der Waals surface area contributed by atoms with E-state index in [0.717, 1.165) is 25.7 Å². The molecule has 0 heterocycles. The Balaban J connectivity index is 2.00. The molecule has 0 spiro atoms. The number of nitrogens with one attached hydrogen (secondary N) is 1. The second-order valence-corrected chi connectivity index (χ2v) is 5.60. The molecule has 2 aliphatic rings. The second kappa shape index (κ2) is 4.98. The highest BCUT2D eigenvalue weighted by Crippen LogP contribution is 2.39. The summed E-state index contributed by atoms with van der Waals surface area (Å²) < 4.78 is 37.8. The maximum atomic E-state index is 12.6. The van der Waals surface area contributed by atoms with E-state index >= 15 is 0 Å². The Morgan fingerprint density at radius 2 is 1.94 bits per heavy atom. The smallest absolute Gasteiger partial charge is 0.394 e. The van der Waals surface area contributed by atoms with Crippen molar-refractivity contribution in [3.05, 3.63) is 0 Å². The van der Waals surface area contributed by atoms with Crippen LogP contribution in [0.5, 0.6) is 0 Å². The van der Waals surface area contributed by atoms with Crippen molar-refractivity contribution in [2.45, 2.75) is 55.9 Å². The van der Waals surface area contributed by atoms with Crippen LogP contribution < -0.4 is 5.32 Å². The number of halogens is 3.